The van der Waals surface area contributed by atoms with E-state index >= 15 is 0 Å². The number of amides is 2. The number of esters is 1. The smallest absolute Gasteiger partial charge is 0.308 e. The van der Waals surface area contributed by atoms with Crippen molar-refractivity contribution in [3.05, 3.63) is 101 Å². The summed E-state index contributed by atoms with van der Waals surface area (Å²) in [5, 5.41) is 5.67. The molecule has 0 bridgehead atoms. The second kappa shape index (κ2) is 10.9. The van der Waals surface area contributed by atoms with E-state index in [0.29, 0.717) is 11.3 Å². The Balaban J connectivity index is 1.61. The maximum absolute atomic E-state index is 12.6. The summed E-state index contributed by atoms with van der Waals surface area (Å²) in [5.41, 5.74) is 3.84. The van der Waals surface area contributed by atoms with E-state index in [-0.39, 0.29) is 12.3 Å². The first kappa shape index (κ1) is 22.7. The first-order chi connectivity index (χ1) is 15.4. The number of ether oxygens (including phenoxy) is 1. The zero-order chi connectivity index (χ0) is 22.9. The van der Waals surface area contributed by atoms with Gasteiger partial charge in [-0.2, -0.15) is 0 Å². The number of aryl methyl sites for hydroxylation is 2. The van der Waals surface area contributed by atoms with Crippen molar-refractivity contribution >= 4 is 23.5 Å². The lowest BCUT2D eigenvalue weighted by Crippen LogP contribution is -2.31. The van der Waals surface area contributed by atoms with Crippen LogP contribution >= 0.6 is 0 Å². The van der Waals surface area contributed by atoms with Gasteiger partial charge in [-0.25, -0.2) is 0 Å². The minimum atomic E-state index is -0.585. The van der Waals surface area contributed by atoms with E-state index in [0.717, 1.165) is 16.7 Å². The number of carbonyl (C=O) groups is 3. The maximum atomic E-state index is 12.6. The largest absolute Gasteiger partial charge is 0.455 e. The molecule has 3 rings (SSSR count). The summed E-state index contributed by atoms with van der Waals surface area (Å²) in [6.45, 7) is 3.39. The molecule has 0 aliphatic heterocycles. The van der Waals surface area contributed by atoms with Crippen LogP contribution in [0.5, 0.6) is 0 Å². The molecule has 164 valence electrons. The molecule has 1 unspecified atom stereocenters. The van der Waals surface area contributed by atoms with E-state index in [9.17, 15) is 14.4 Å². The van der Waals surface area contributed by atoms with Crippen molar-refractivity contribution in [2.45, 2.75) is 26.3 Å². The van der Waals surface area contributed by atoms with Crippen molar-refractivity contribution in [2.24, 2.45) is 0 Å². The van der Waals surface area contributed by atoms with Gasteiger partial charge in [0.15, 0.2) is 6.61 Å². The van der Waals surface area contributed by atoms with E-state index in [1.165, 1.54) is 0 Å². The molecule has 0 aliphatic carbocycles. The molecular formula is C26H26N2O4. The molecule has 0 fully saturated rings. The quantitative estimate of drug-likeness (QED) is 0.521. The summed E-state index contributed by atoms with van der Waals surface area (Å²) in [5.74, 6) is -1.29. The molecule has 3 aromatic carbocycles. The number of nitrogens with one attached hydrogen (secondary N) is 2. The van der Waals surface area contributed by atoms with Crippen molar-refractivity contribution in [2.75, 3.05) is 11.9 Å². The Morgan fingerprint density at radius 2 is 1.41 bits per heavy atom. The zero-order valence-corrected chi connectivity index (χ0v) is 18.1. The van der Waals surface area contributed by atoms with Crippen LogP contribution in [0.15, 0.2) is 78.9 Å². The Morgan fingerprint density at radius 1 is 0.812 bits per heavy atom. The summed E-state index contributed by atoms with van der Waals surface area (Å²) >= 11 is 0. The first-order valence-electron chi connectivity index (χ1n) is 10.4. The van der Waals surface area contributed by atoms with Gasteiger partial charge in [0, 0.05) is 11.3 Å². The van der Waals surface area contributed by atoms with Crippen LogP contribution in [-0.4, -0.2) is 24.4 Å². The molecule has 6 heteroatoms. The highest BCUT2D eigenvalue weighted by atomic mass is 16.5. The third-order valence-electron chi connectivity index (χ3n) is 5.02. The highest BCUT2D eigenvalue weighted by Crippen LogP contribution is 2.20. The summed E-state index contributed by atoms with van der Waals surface area (Å²) in [6, 6.07) is 23.1. The number of rotatable bonds is 8. The summed E-state index contributed by atoms with van der Waals surface area (Å²) < 4.78 is 5.19. The molecule has 0 heterocycles. The number of carbonyl (C=O) groups excluding carboxylic acids is 3. The minimum Gasteiger partial charge on any atom is -0.455 e. The highest BCUT2D eigenvalue weighted by Gasteiger charge is 2.21. The number of hydrogen-bond donors (Lipinski definition) is 2. The van der Waals surface area contributed by atoms with Gasteiger partial charge in [-0.3, -0.25) is 14.4 Å². The molecule has 0 saturated carbocycles. The van der Waals surface area contributed by atoms with Gasteiger partial charge >= 0.3 is 5.97 Å². The van der Waals surface area contributed by atoms with Gasteiger partial charge in [0.2, 0.25) is 0 Å². The topological polar surface area (TPSA) is 84.5 Å². The second-order valence-electron chi connectivity index (χ2n) is 7.48. The van der Waals surface area contributed by atoms with E-state index < -0.39 is 24.5 Å². The Morgan fingerprint density at radius 3 is 2.03 bits per heavy atom. The van der Waals surface area contributed by atoms with E-state index in [2.05, 4.69) is 10.6 Å². The fourth-order valence-corrected chi connectivity index (χ4v) is 3.33. The molecule has 0 saturated heterocycles. The van der Waals surface area contributed by atoms with E-state index in [1.54, 1.807) is 24.3 Å². The first-order valence-corrected chi connectivity index (χ1v) is 10.4. The van der Waals surface area contributed by atoms with Crippen LogP contribution in [0.1, 0.15) is 39.5 Å². The predicted molar refractivity (Wildman–Crippen MR) is 123 cm³/mol. The molecule has 2 amide bonds. The van der Waals surface area contributed by atoms with Gasteiger partial charge in [0.1, 0.15) is 0 Å². The maximum Gasteiger partial charge on any atom is 0.308 e. The van der Waals surface area contributed by atoms with Crippen LogP contribution in [0.3, 0.4) is 0 Å². The SMILES string of the molecule is Cc1cccc(C)c1NC(=O)COC(=O)CC(NC(=O)c1ccccc1)c1ccccc1. The fraction of sp³-hybridized carbons (Fsp3) is 0.192. The van der Waals surface area contributed by atoms with Crippen LogP contribution < -0.4 is 10.6 Å². The van der Waals surface area contributed by atoms with Gasteiger partial charge in [0.05, 0.1) is 12.5 Å². The van der Waals surface area contributed by atoms with Crippen molar-refractivity contribution in [1.82, 2.24) is 5.32 Å². The van der Waals surface area contributed by atoms with Crippen LogP contribution in [-0.2, 0) is 14.3 Å². The molecule has 1 atom stereocenters. The zero-order valence-electron chi connectivity index (χ0n) is 18.1. The lowest BCUT2D eigenvalue weighted by molar-refractivity contribution is -0.147. The molecule has 0 aromatic heterocycles. The standard InChI is InChI=1S/C26H26N2O4/c1-18-10-9-11-19(2)25(18)28-23(29)17-32-24(30)16-22(20-12-5-3-6-13-20)27-26(31)21-14-7-4-8-15-21/h3-15,22H,16-17H2,1-2H3,(H,27,31)(H,28,29). The Bertz CT molecular complexity index is 1060. The fourth-order valence-electron chi connectivity index (χ4n) is 3.33. The van der Waals surface area contributed by atoms with Gasteiger partial charge in [0.25, 0.3) is 11.8 Å². The average Bonchev–Trinajstić information content (AvgIpc) is 2.81. The molecule has 3 aromatic rings. The van der Waals surface area contributed by atoms with Crippen LogP contribution in [0.4, 0.5) is 5.69 Å². The number of anilines is 1. The Hall–Kier alpha value is -3.93. The van der Waals surface area contributed by atoms with E-state index in [4.69, 9.17) is 4.74 Å². The normalized spacial score (nSPS) is 11.3. The Labute approximate surface area is 187 Å². The monoisotopic (exact) mass is 430 g/mol. The van der Waals surface area contributed by atoms with Crippen molar-refractivity contribution < 1.29 is 19.1 Å². The minimum absolute atomic E-state index is 0.0980. The summed E-state index contributed by atoms with van der Waals surface area (Å²) in [7, 11) is 0. The van der Waals surface area contributed by atoms with Crippen LogP contribution in [0, 0.1) is 13.8 Å². The number of benzene rings is 3. The molecule has 0 aliphatic rings. The molecule has 0 spiro atoms. The van der Waals surface area contributed by atoms with Crippen molar-refractivity contribution in [1.29, 1.82) is 0 Å². The van der Waals surface area contributed by atoms with E-state index in [1.807, 2.05) is 68.4 Å². The molecular weight excluding hydrogens is 404 g/mol. The van der Waals surface area contributed by atoms with Gasteiger partial charge < -0.3 is 15.4 Å². The molecule has 2 N–H and O–H groups in total. The number of para-hydroxylation sites is 1. The molecule has 6 nitrogen and oxygen atoms in total. The van der Waals surface area contributed by atoms with Crippen LogP contribution in [0.25, 0.3) is 0 Å². The predicted octanol–water partition coefficient (Wildman–Crippen LogP) is 4.35. The van der Waals surface area contributed by atoms with Gasteiger partial charge in [-0.05, 0) is 42.7 Å². The number of hydrogen-bond acceptors (Lipinski definition) is 4. The molecule has 32 heavy (non-hydrogen) atoms. The lowest BCUT2D eigenvalue weighted by Gasteiger charge is -2.19. The lowest BCUT2D eigenvalue weighted by atomic mass is 10.0. The third-order valence-corrected chi connectivity index (χ3v) is 5.02. The highest BCUT2D eigenvalue weighted by molar-refractivity contribution is 5.95. The molecule has 0 radical (unpaired) electrons. The Kier molecular flexibility index (Phi) is 7.75. The summed E-state index contributed by atoms with van der Waals surface area (Å²) in [6.07, 6.45) is -0.0980. The van der Waals surface area contributed by atoms with Crippen LogP contribution in [0.2, 0.25) is 0 Å². The third kappa shape index (κ3) is 6.28. The van der Waals surface area contributed by atoms with Crippen molar-refractivity contribution in [3.63, 3.8) is 0 Å². The average molecular weight is 431 g/mol. The van der Waals surface area contributed by atoms with Gasteiger partial charge in [-0.1, -0.05) is 66.7 Å². The summed E-state index contributed by atoms with van der Waals surface area (Å²) in [4.78, 5) is 37.4. The van der Waals surface area contributed by atoms with Gasteiger partial charge in [-0.15, -0.1) is 0 Å². The van der Waals surface area contributed by atoms with Crippen molar-refractivity contribution in [3.8, 4) is 0 Å². The second-order valence-corrected chi connectivity index (χ2v) is 7.48.